The van der Waals surface area contributed by atoms with Crippen LogP contribution in [0.1, 0.15) is 11.1 Å². The fourth-order valence-corrected chi connectivity index (χ4v) is 2.97. The van der Waals surface area contributed by atoms with E-state index in [0.717, 1.165) is 14.7 Å². The molecule has 0 aliphatic carbocycles. The molecule has 0 atom stereocenters. The van der Waals surface area contributed by atoms with Gasteiger partial charge in [0.15, 0.2) is 5.70 Å². The Balaban J connectivity index is 1.95. The summed E-state index contributed by atoms with van der Waals surface area (Å²) in [6.07, 6.45) is 1.64. The number of esters is 1. The molecule has 4 nitrogen and oxygen atoms in total. The Kier molecular flexibility index (Phi) is 4.68. The van der Waals surface area contributed by atoms with Crippen LogP contribution in [0.25, 0.3) is 6.08 Å². The lowest BCUT2D eigenvalue weighted by Gasteiger charge is -2.03. The predicted molar refractivity (Wildman–Crippen MR) is 97.8 cm³/mol. The fourth-order valence-electron chi connectivity index (χ4n) is 2.09. The highest BCUT2D eigenvalue weighted by molar-refractivity contribution is 14.1. The molecule has 1 aliphatic heterocycles. The second-order valence-corrected chi connectivity index (χ2v) is 6.28. The summed E-state index contributed by atoms with van der Waals surface area (Å²) in [5.74, 6) is 0.406. The molecular weight excluding hydrogens is 429 g/mol. The van der Waals surface area contributed by atoms with Crippen molar-refractivity contribution in [2.75, 3.05) is 7.11 Å². The molecule has 0 saturated carbocycles. The minimum absolute atomic E-state index is 0.237. The number of aliphatic imine (C=N–C) groups is 1. The van der Waals surface area contributed by atoms with Crippen molar-refractivity contribution in [1.82, 2.24) is 0 Å². The first kappa shape index (κ1) is 16.0. The molecule has 2 aromatic rings. The zero-order valence-corrected chi connectivity index (χ0v) is 15.0. The summed E-state index contributed by atoms with van der Waals surface area (Å²) in [6.45, 7) is 0. The van der Waals surface area contributed by atoms with Gasteiger partial charge < -0.3 is 9.47 Å². The van der Waals surface area contributed by atoms with Crippen molar-refractivity contribution in [3.05, 3.63) is 67.9 Å². The Morgan fingerprint density at radius 2 is 2.04 bits per heavy atom. The Morgan fingerprint density at radius 3 is 2.74 bits per heavy atom. The smallest absolute Gasteiger partial charge is 0.363 e. The summed E-state index contributed by atoms with van der Waals surface area (Å²) in [4.78, 5) is 16.3. The van der Waals surface area contributed by atoms with Crippen molar-refractivity contribution >= 4 is 52.1 Å². The van der Waals surface area contributed by atoms with Crippen molar-refractivity contribution in [3.63, 3.8) is 0 Å². The third kappa shape index (κ3) is 3.40. The standard InChI is InChI=1S/C17H11ClINO3/c1-22-15-7-6-10(8-12(15)18)9-14-17(21)23-16(20-14)11-4-2-3-5-13(11)19/h2-9H,1H3/b14-9-. The SMILES string of the molecule is COc1ccc(/C=C2\N=C(c3ccccc3I)OC2=O)cc1Cl. The number of rotatable bonds is 3. The van der Waals surface area contributed by atoms with E-state index in [1.807, 2.05) is 24.3 Å². The van der Waals surface area contributed by atoms with Crippen LogP contribution in [0.4, 0.5) is 0 Å². The van der Waals surface area contributed by atoms with E-state index in [2.05, 4.69) is 27.6 Å². The van der Waals surface area contributed by atoms with E-state index in [4.69, 9.17) is 21.1 Å². The summed E-state index contributed by atoms with van der Waals surface area (Å²) in [5, 5.41) is 0.468. The van der Waals surface area contributed by atoms with Crippen molar-refractivity contribution in [2.24, 2.45) is 4.99 Å². The monoisotopic (exact) mass is 439 g/mol. The second kappa shape index (κ2) is 6.72. The first-order valence-corrected chi connectivity index (χ1v) is 8.15. The van der Waals surface area contributed by atoms with Gasteiger partial charge in [0, 0.05) is 3.57 Å². The summed E-state index contributed by atoms with van der Waals surface area (Å²) in [6, 6.07) is 12.8. The van der Waals surface area contributed by atoms with Gasteiger partial charge in [0.2, 0.25) is 5.90 Å². The Bertz CT molecular complexity index is 845. The zero-order chi connectivity index (χ0) is 16.4. The van der Waals surface area contributed by atoms with E-state index in [-0.39, 0.29) is 5.70 Å². The summed E-state index contributed by atoms with van der Waals surface area (Å²) >= 11 is 8.27. The minimum Gasteiger partial charge on any atom is -0.495 e. The lowest BCUT2D eigenvalue weighted by Crippen LogP contribution is -2.06. The molecule has 0 N–H and O–H groups in total. The van der Waals surface area contributed by atoms with Gasteiger partial charge in [-0.05, 0) is 58.5 Å². The molecule has 2 aromatic carbocycles. The fraction of sp³-hybridized carbons (Fsp3) is 0.0588. The highest BCUT2D eigenvalue weighted by atomic mass is 127. The van der Waals surface area contributed by atoms with Crippen LogP contribution in [-0.2, 0) is 9.53 Å². The molecule has 0 amide bonds. The van der Waals surface area contributed by atoms with E-state index in [1.54, 1.807) is 31.4 Å². The van der Waals surface area contributed by atoms with Gasteiger partial charge in [-0.15, -0.1) is 0 Å². The number of cyclic esters (lactones) is 1. The first-order valence-electron chi connectivity index (χ1n) is 6.69. The van der Waals surface area contributed by atoms with Gasteiger partial charge in [-0.25, -0.2) is 9.79 Å². The molecule has 0 spiro atoms. The van der Waals surface area contributed by atoms with Crippen molar-refractivity contribution < 1.29 is 14.3 Å². The van der Waals surface area contributed by atoms with Crippen LogP contribution in [0.3, 0.4) is 0 Å². The second-order valence-electron chi connectivity index (χ2n) is 4.71. The van der Waals surface area contributed by atoms with Crippen LogP contribution in [0, 0.1) is 3.57 Å². The van der Waals surface area contributed by atoms with Gasteiger partial charge in [0.1, 0.15) is 5.75 Å². The van der Waals surface area contributed by atoms with Crippen LogP contribution < -0.4 is 4.74 Å². The van der Waals surface area contributed by atoms with Gasteiger partial charge in [0.25, 0.3) is 0 Å². The molecular formula is C17H11ClINO3. The number of methoxy groups -OCH3 is 1. The molecule has 0 saturated heterocycles. The number of hydrogen-bond acceptors (Lipinski definition) is 4. The van der Waals surface area contributed by atoms with Crippen LogP contribution in [0.5, 0.6) is 5.75 Å². The van der Waals surface area contributed by atoms with Crippen molar-refractivity contribution in [2.45, 2.75) is 0 Å². The Hall–Kier alpha value is -1.86. The molecule has 23 heavy (non-hydrogen) atoms. The van der Waals surface area contributed by atoms with Gasteiger partial charge in [-0.1, -0.05) is 29.8 Å². The number of halogens is 2. The summed E-state index contributed by atoms with van der Waals surface area (Å²) in [5.41, 5.74) is 1.77. The molecule has 0 bridgehead atoms. The van der Waals surface area contributed by atoms with Crippen molar-refractivity contribution in [3.8, 4) is 5.75 Å². The minimum atomic E-state index is -0.480. The van der Waals surface area contributed by atoms with E-state index in [0.29, 0.717) is 16.7 Å². The van der Waals surface area contributed by atoms with Crippen LogP contribution in [0.2, 0.25) is 5.02 Å². The maximum atomic E-state index is 12.0. The van der Waals surface area contributed by atoms with E-state index < -0.39 is 5.97 Å². The molecule has 6 heteroatoms. The number of nitrogens with zero attached hydrogens (tertiary/aromatic N) is 1. The van der Waals surface area contributed by atoms with Crippen LogP contribution in [-0.4, -0.2) is 19.0 Å². The average Bonchev–Trinajstić information content (AvgIpc) is 2.89. The van der Waals surface area contributed by atoms with E-state index >= 15 is 0 Å². The third-order valence-electron chi connectivity index (χ3n) is 3.20. The molecule has 1 heterocycles. The van der Waals surface area contributed by atoms with Gasteiger partial charge in [0.05, 0.1) is 17.7 Å². The zero-order valence-electron chi connectivity index (χ0n) is 12.0. The number of ether oxygens (including phenoxy) is 2. The van der Waals surface area contributed by atoms with Gasteiger partial charge in [-0.2, -0.15) is 0 Å². The number of benzene rings is 2. The lowest BCUT2D eigenvalue weighted by molar-refractivity contribution is -0.129. The summed E-state index contributed by atoms with van der Waals surface area (Å²) < 4.78 is 11.3. The molecule has 116 valence electrons. The molecule has 1 aliphatic rings. The largest absolute Gasteiger partial charge is 0.495 e. The normalized spacial score (nSPS) is 15.5. The highest BCUT2D eigenvalue weighted by Gasteiger charge is 2.25. The molecule has 0 aromatic heterocycles. The van der Waals surface area contributed by atoms with E-state index in [9.17, 15) is 4.79 Å². The topological polar surface area (TPSA) is 47.9 Å². The summed E-state index contributed by atoms with van der Waals surface area (Å²) in [7, 11) is 1.55. The predicted octanol–water partition coefficient (Wildman–Crippen LogP) is 4.30. The van der Waals surface area contributed by atoms with Crippen LogP contribution in [0.15, 0.2) is 53.2 Å². The lowest BCUT2D eigenvalue weighted by atomic mass is 10.2. The first-order chi connectivity index (χ1) is 11.1. The molecule has 0 unspecified atom stereocenters. The van der Waals surface area contributed by atoms with Crippen molar-refractivity contribution in [1.29, 1.82) is 0 Å². The number of hydrogen-bond donors (Lipinski definition) is 0. The number of carbonyl (C=O) groups excluding carboxylic acids is 1. The maximum Gasteiger partial charge on any atom is 0.363 e. The average molecular weight is 440 g/mol. The van der Waals surface area contributed by atoms with Crippen LogP contribution >= 0.6 is 34.2 Å². The van der Waals surface area contributed by atoms with Gasteiger partial charge >= 0.3 is 5.97 Å². The van der Waals surface area contributed by atoms with E-state index in [1.165, 1.54) is 0 Å². The quantitative estimate of drug-likeness (QED) is 0.407. The third-order valence-corrected chi connectivity index (χ3v) is 4.44. The Labute approximate surface area is 151 Å². The highest BCUT2D eigenvalue weighted by Crippen LogP contribution is 2.27. The maximum absolute atomic E-state index is 12.0. The molecule has 0 radical (unpaired) electrons. The van der Waals surface area contributed by atoms with Gasteiger partial charge in [-0.3, -0.25) is 0 Å². The molecule has 0 fully saturated rings. The molecule has 3 rings (SSSR count). The Morgan fingerprint density at radius 1 is 1.26 bits per heavy atom. The number of carbonyl (C=O) groups is 1.